The molecule has 4 amide bonds. The zero-order valence-electron chi connectivity index (χ0n) is 29.0. The van der Waals surface area contributed by atoms with Crippen LogP contribution in [0.25, 0.3) is 0 Å². The van der Waals surface area contributed by atoms with Gasteiger partial charge < -0.3 is 31.5 Å². The van der Waals surface area contributed by atoms with Gasteiger partial charge in [0.05, 0.1) is 22.3 Å². The fourth-order valence-corrected chi connectivity index (χ4v) is 6.60. The molecule has 4 aromatic carbocycles. The van der Waals surface area contributed by atoms with E-state index in [1.165, 1.54) is 23.9 Å². The molecule has 0 saturated carbocycles. The molecule has 0 radical (unpaired) electrons. The second kappa shape index (κ2) is 21.4. The van der Waals surface area contributed by atoms with Crippen LogP contribution < -0.4 is 21.3 Å². The zero-order valence-corrected chi connectivity index (χ0v) is 30.7. The number of thiol groups is 1. The third kappa shape index (κ3) is 12.7. The molecule has 0 spiro atoms. The van der Waals surface area contributed by atoms with Crippen molar-refractivity contribution in [3.63, 3.8) is 0 Å². The largest absolute Gasteiger partial charge is 0.507 e. The van der Waals surface area contributed by atoms with E-state index >= 15 is 0 Å². The number of unbranched alkanes of at least 4 members (excludes halogenated alkanes) is 6. The monoisotopic (exact) mass is 742 g/mol. The topological polar surface area (TPSA) is 157 Å². The summed E-state index contributed by atoms with van der Waals surface area (Å²) in [6.07, 6.45) is 6.69. The fraction of sp³-hybridized carbons (Fsp3) is 0.300. The van der Waals surface area contributed by atoms with Crippen molar-refractivity contribution in [1.82, 2.24) is 21.3 Å². The van der Waals surface area contributed by atoms with Crippen molar-refractivity contribution < 1.29 is 29.4 Å². The first-order valence-electron chi connectivity index (χ1n) is 17.5. The average Bonchev–Trinajstić information content (AvgIpc) is 3.14. The van der Waals surface area contributed by atoms with Crippen LogP contribution in [0.2, 0.25) is 0 Å². The quantitative estimate of drug-likeness (QED) is 0.0381. The van der Waals surface area contributed by atoms with E-state index in [9.17, 15) is 29.4 Å². The Bertz CT molecular complexity index is 1820. The summed E-state index contributed by atoms with van der Waals surface area (Å²) in [6.45, 7) is 2.02. The van der Waals surface area contributed by atoms with Crippen molar-refractivity contribution in [2.24, 2.45) is 0 Å². The maximum atomic E-state index is 13.1. The molecular weight excluding hydrogens is 697 g/mol. The number of hydrogen-bond acceptors (Lipinski definition) is 8. The van der Waals surface area contributed by atoms with Crippen molar-refractivity contribution in [3.05, 3.63) is 113 Å². The lowest BCUT2D eigenvalue weighted by Crippen LogP contribution is -2.25. The molecule has 0 saturated heterocycles. The Labute approximate surface area is 314 Å². The van der Waals surface area contributed by atoms with Gasteiger partial charge in [0.1, 0.15) is 11.5 Å². The smallest absolute Gasteiger partial charge is 0.255 e. The summed E-state index contributed by atoms with van der Waals surface area (Å²) < 4.78 is 0. The normalized spacial score (nSPS) is 10.7. The van der Waals surface area contributed by atoms with Crippen molar-refractivity contribution in [2.45, 2.75) is 66.1 Å². The van der Waals surface area contributed by atoms with Crippen LogP contribution in [0.15, 0.2) is 106 Å². The van der Waals surface area contributed by atoms with Gasteiger partial charge in [-0.1, -0.05) is 73.8 Å². The van der Waals surface area contributed by atoms with E-state index in [4.69, 9.17) is 0 Å². The molecule has 10 nitrogen and oxygen atoms in total. The van der Waals surface area contributed by atoms with Gasteiger partial charge in [-0.05, 0) is 80.3 Å². The molecule has 0 aliphatic carbocycles. The van der Waals surface area contributed by atoms with Crippen LogP contribution >= 0.6 is 24.4 Å². The van der Waals surface area contributed by atoms with E-state index in [1.54, 1.807) is 48.5 Å². The molecular formula is C40H46N4O6S2. The third-order valence-electron chi connectivity index (χ3n) is 8.22. The SMILES string of the molecule is O=C(NCCCCCCNC(=O)c1cc(Sc2ccccc2C(=O)NCCCCCCNC(=O)c2ccccc2S)ccc1O)c1ccccc1O. The van der Waals surface area contributed by atoms with Gasteiger partial charge in [0.15, 0.2) is 0 Å². The number of rotatable bonds is 20. The summed E-state index contributed by atoms with van der Waals surface area (Å²) in [4.78, 5) is 52.5. The molecule has 4 aromatic rings. The maximum absolute atomic E-state index is 13.1. The number of phenolic OH excluding ortho intramolecular Hbond substituents is 2. The van der Waals surface area contributed by atoms with Crippen LogP contribution in [-0.2, 0) is 0 Å². The predicted molar refractivity (Wildman–Crippen MR) is 207 cm³/mol. The first-order valence-corrected chi connectivity index (χ1v) is 18.8. The molecule has 0 heterocycles. The molecule has 0 aliphatic rings. The molecule has 12 heteroatoms. The highest BCUT2D eigenvalue weighted by atomic mass is 32.2. The summed E-state index contributed by atoms with van der Waals surface area (Å²) in [6, 6.07) is 25.7. The van der Waals surface area contributed by atoms with Crippen LogP contribution in [0.3, 0.4) is 0 Å². The molecule has 4 rings (SSSR count). The fourth-order valence-electron chi connectivity index (χ4n) is 5.36. The second-order valence-electron chi connectivity index (χ2n) is 12.2. The number of carbonyl (C=O) groups is 4. The Hall–Kier alpha value is -4.94. The number of benzene rings is 4. The number of para-hydroxylation sites is 1. The molecule has 0 unspecified atom stereocenters. The molecule has 274 valence electrons. The Morgan fingerprint density at radius 3 is 1.46 bits per heavy atom. The van der Waals surface area contributed by atoms with Gasteiger partial charge >= 0.3 is 0 Å². The molecule has 0 aromatic heterocycles. The number of carbonyl (C=O) groups excluding carboxylic acids is 4. The lowest BCUT2D eigenvalue weighted by molar-refractivity contribution is 0.0940. The Morgan fingerprint density at radius 1 is 0.481 bits per heavy atom. The molecule has 0 fully saturated rings. The summed E-state index contributed by atoms with van der Waals surface area (Å²) in [5.74, 6) is -1.19. The van der Waals surface area contributed by atoms with Crippen molar-refractivity contribution in [2.75, 3.05) is 26.2 Å². The predicted octanol–water partition coefficient (Wildman–Crippen LogP) is 6.98. The van der Waals surface area contributed by atoms with E-state index in [1.807, 2.05) is 30.3 Å². The summed E-state index contributed by atoms with van der Waals surface area (Å²) >= 11 is 5.67. The van der Waals surface area contributed by atoms with Crippen LogP contribution in [0, 0.1) is 0 Å². The van der Waals surface area contributed by atoms with Crippen LogP contribution in [0.4, 0.5) is 0 Å². The highest BCUT2D eigenvalue weighted by Crippen LogP contribution is 2.33. The maximum Gasteiger partial charge on any atom is 0.255 e. The van der Waals surface area contributed by atoms with E-state index < -0.39 is 0 Å². The molecule has 0 atom stereocenters. The van der Waals surface area contributed by atoms with Gasteiger partial charge in [-0.3, -0.25) is 19.2 Å². The minimum Gasteiger partial charge on any atom is -0.507 e. The number of phenols is 2. The minimum atomic E-state index is -0.383. The first kappa shape index (κ1) is 39.8. The lowest BCUT2D eigenvalue weighted by atomic mass is 10.1. The molecule has 52 heavy (non-hydrogen) atoms. The second-order valence-corrected chi connectivity index (χ2v) is 13.8. The van der Waals surface area contributed by atoms with Crippen LogP contribution in [0.1, 0.15) is 92.8 Å². The van der Waals surface area contributed by atoms with Gasteiger partial charge in [-0.15, -0.1) is 12.6 Å². The van der Waals surface area contributed by atoms with E-state index in [2.05, 4.69) is 33.9 Å². The molecule has 6 N–H and O–H groups in total. The minimum absolute atomic E-state index is 0.0499. The first-order chi connectivity index (χ1) is 25.2. The van der Waals surface area contributed by atoms with Gasteiger partial charge in [0, 0.05) is 40.9 Å². The van der Waals surface area contributed by atoms with E-state index in [-0.39, 0.29) is 46.3 Å². The number of nitrogens with one attached hydrogen (secondary N) is 4. The standard InChI is InChI=1S/C40H46N4O6S2/c45-33-18-8-5-15-29(33)37(47)41-23-11-1-4-14-26-44-40(50)32-27-28(21-22-34(32)46)52-36-20-10-7-17-31(36)39(49)43-25-13-3-2-12-24-42-38(48)30-16-6-9-19-35(30)51/h5-10,15-22,27,45-46,51H,1-4,11-14,23-26H2,(H,41,47)(H,42,48)(H,43,49)(H,44,50). The van der Waals surface area contributed by atoms with Gasteiger partial charge in [-0.2, -0.15) is 0 Å². The van der Waals surface area contributed by atoms with E-state index in [0.29, 0.717) is 47.1 Å². The van der Waals surface area contributed by atoms with Crippen LogP contribution in [0.5, 0.6) is 11.5 Å². The summed E-state index contributed by atoms with van der Waals surface area (Å²) in [5, 5.41) is 31.8. The van der Waals surface area contributed by atoms with Gasteiger partial charge in [-0.25, -0.2) is 0 Å². The zero-order chi connectivity index (χ0) is 37.1. The van der Waals surface area contributed by atoms with Crippen molar-refractivity contribution in [1.29, 1.82) is 0 Å². The molecule has 0 bridgehead atoms. The van der Waals surface area contributed by atoms with Gasteiger partial charge in [0.2, 0.25) is 0 Å². The Morgan fingerprint density at radius 2 is 0.904 bits per heavy atom. The van der Waals surface area contributed by atoms with Crippen molar-refractivity contribution >= 4 is 48.0 Å². The van der Waals surface area contributed by atoms with Crippen molar-refractivity contribution in [3.8, 4) is 11.5 Å². The highest BCUT2D eigenvalue weighted by Gasteiger charge is 2.16. The van der Waals surface area contributed by atoms with Crippen LogP contribution in [-0.4, -0.2) is 60.0 Å². The Balaban J connectivity index is 1.13. The Kier molecular flexibility index (Phi) is 16.4. The highest BCUT2D eigenvalue weighted by molar-refractivity contribution is 7.99. The average molecular weight is 743 g/mol. The summed E-state index contributed by atoms with van der Waals surface area (Å²) in [7, 11) is 0. The summed E-state index contributed by atoms with van der Waals surface area (Å²) in [5.41, 5.74) is 1.49. The lowest BCUT2D eigenvalue weighted by Gasteiger charge is -2.12. The number of hydrogen-bond donors (Lipinski definition) is 7. The number of aromatic hydroxyl groups is 2. The third-order valence-corrected chi connectivity index (χ3v) is 9.67. The van der Waals surface area contributed by atoms with E-state index in [0.717, 1.165) is 56.3 Å². The number of amides is 4. The van der Waals surface area contributed by atoms with Gasteiger partial charge in [0.25, 0.3) is 23.6 Å². The molecule has 0 aliphatic heterocycles.